The van der Waals surface area contributed by atoms with Gasteiger partial charge in [-0.3, -0.25) is 0 Å². The summed E-state index contributed by atoms with van der Waals surface area (Å²) in [6.45, 7) is 2.15. The molecule has 0 amide bonds. The second-order valence-electron chi connectivity index (χ2n) is 8.94. The Balaban J connectivity index is 1.37. The number of aliphatic carboxylic acids is 1. The molecule has 1 aliphatic rings. The first kappa shape index (κ1) is 24.4. The predicted molar refractivity (Wildman–Crippen MR) is 133 cm³/mol. The maximum atomic E-state index is 13.6. The van der Waals surface area contributed by atoms with Crippen molar-refractivity contribution < 1.29 is 28.2 Å². The quantitative estimate of drug-likeness (QED) is 0.294. The van der Waals surface area contributed by atoms with Crippen molar-refractivity contribution >= 4 is 5.97 Å². The van der Waals surface area contributed by atoms with Crippen molar-refractivity contribution in [3.8, 4) is 33.9 Å². The maximum absolute atomic E-state index is 13.6. The fourth-order valence-electron chi connectivity index (χ4n) is 4.36. The molecule has 0 spiro atoms. The number of para-hydroxylation sites is 1. The van der Waals surface area contributed by atoms with E-state index >= 15 is 0 Å². The maximum Gasteiger partial charge on any atom is 0.586 e. The number of hydrogen-bond donors (Lipinski definition) is 1. The number of alkyl halides is 2. The Hall–Kier alpha value is -4.27. The highest BCUT2D eigenvalue weighted by Gasteiger charge is 2.44. The number of hydrogen-bond acceptors (Lipinski definition) is 5. The van der Waals surface area contributed by atoms with Crippen LogP contribution in [0.1, 0.15) is 36.9 Å². The van der Waals surface area contributed by atoms with Crippen LogP contribution in [0.3, 0.4) is 0 Å². The molecule has 37 heavy (non-hydrogen) atoms. The summed E-state index contributed by atoms with van der Waals surface area (Å²) in [5.74, 6) is -1.17. The molecule has 0 saturated heterocycles. The molecule has 0 unspecified atom stereocenters. The number of rotatable bonds is 9. The van der Waals surface area contributed by atoms with Gasteiger partial charge in [-0.25, -0.2) is 9.48 Å². The van der Waals surface area contributed by atoms with Crippen LogP contribution < -0.4 is 9.47 Å². The van der Waals surface area contributed by atoms with Gasteiger partial charge in [-0.15, -0.1) is 13.9 Å². The molecular formula is C28H25F2N3O4. The Morgan fingerprint density at radius 1 is 1.03 bits per heavy atom. The van der Waals surface area contributed by atoms with E-state index in [2.05, 4.69) is 34.1 Å². The lowest BCUT2D eigenvalue weighted by Crippen LogP contribution is -2.26. The summed E-state index contributed by atoms with van der Waals surface area (Å²) in [7, 11) is 0. The molecule has 0 radical (unpaired) electrons. The van der Waals surface area contributed by atoms with Gasteiger partial charge in [0.15, 0.2) is 17.5 Å². The Morgan fingerprint density at radius 2 is 1.81 bits per heavy atom. The number of fused-ring (bicyclic) bond motifs is 1. The van der Waals surface area contributed by atoms with E-state index in [1.807, 2.05) is 12.1 Å². The molecule has 3 aromatic carbocycles. The van der Waals surface area contributed by atoms with E-state index in [9.17, 15) is 18.7 Å². The van der Waals surface area contributed by atoms with E-state index in [0.717, 1.165) is 24.8 Å². The van der Waals surface area contributed by atoms with Crippen molar-refractivity contribution in [1.29, 1.82) is 0 Å². The number of carboxylic acid groups (broad SMARTS) is 1. The Labute approximate surface area is 212 Å². The predicted octanol–water partition coefficient (Wildman–Crippen LogP) is 6.14. The van der Waals surface area contributed by atoms with Gasteiger partial charge in [0, 0.05) is 17.5 Å². The van der Waals surface area contributed by atoms with Crippen LogP contribution >= 0.6 is 0 Å². The molecule has 190 valence electrons. The molecule has 1 aliphatic heterocycles. The molecule has 2 heterocycles. The molecule has 1 aromatic heterocycles. The highest BCUT2D eigenvalue weighted by molar-refractivity contribution is 5.76. The first-order valence-electron chi connectivity index (χ1n) is 12.0. The van der Waals surface area contributed by atoms with Gasteiger partial charge in [-0.05, 0) is 35.6 Å². The second kappa shape index (κ2) is 10.0. The number of nitrogens with zero attached hydrogens (tertiary/aromatic N) is 3. The van der Waals surface area contributed by atoms with Crippen LogP contribution in [-0.4, -0.2) is 32.4 Å². The third-order valence-corrected chi connectivity index (χ3v) is 6.28. The minimum absolute atomic E-state index is 0.0511. The lowest BCUT2D eigenvalue weighted by atomic mass is 9.98. The standard InChI is InChI=1S/C28H25F2N3O4/c1-2-3-6-18-11-13-20(14-12-18)23-17-33(32-31-23)24(27(34)35)16-19-7-4-8-21(15-19)22-9-5-10-25-26(22)37-28(29,30)36-25/h4-5,7-15,17,24H,2-3,6,16H2,1H3,(H,34,35)/t24-/m1/s1. The van der Waals surface area contributed by atoms with E-state index in [4.69, 9.17) is 4.74 Å². The summed E-state index contributed by atoms with van der Waals surface area (Å²) < 4.78 is 37.9. The van der Waals surface area contributed by atoms with Crippen molar-refractivity contribution in [2.75, 3.05) is 0 Å². The smallest absolute Gasteiger partial charge is 0.480 e. The molecule has 9 heteroatoms. The molecular weight excluding hydrogens is 480 g/mol. The van der Waals surface area contributed by atoms with Gasteiger partial charge in [0.2, 0.25) is 0 Å². The number of carbonyl (C=O) groups is 1. The van der Waals surface area contributed by atoms with E-state index in [0.29, 0.717) is 22.4 Å². The summed E-state index contributed by atoms with van der Waals surface area (Å²) in [6.07, 6.45) is 1.27. The SMILES string of the molecule is CCCCc1ccc(-c2cn([C@H](Cc3cccc(-c4cccc5c4OC(F)(F)O5)c3)C(=O)O)nn2)cc1. The van der Waals surface area contributed by atoms with Crippen LogP contribution in [0, 0.1) is 0 Å². The number of aryl methyl sites for hydroxylation is 1. The Morgan fingerprint density at radius 3 is 2.57 bits per heavy atom. The highest BCUT2D eigenvalue weighted by atomic mass is 19.3. The number of aromatic nitrogens is 3. The number of unbranched alkanes of at least 4 members (excludes halogenated alkanes) is 1. The second-order valence-corrected chi connectivity index (χ2v) is 8.94. The largest absolute Gasteiger partial charge is 0.586 e. The molecule has 0 bridgehead atoms. The zero-order chi connectivity index (χ0) is 26.0. The van der Waals surface area contributed by atoms with E-state index < -0.39 is 18.3 Å². The fourth-order valence-corrected chi connectivity index (χ4v) is 4.36. The number of halogens is 2. The normalized spacial score (nSPS) is 14.5. The van der Waals surface area contributed by atoms with Gasteiger partial charge in [0.05, 0.1) is 6.20 Å². The first-order valence-corrected chi connectivity index (χ1v) is 12.0. The lowest BCUT2D eigenvalue weighted by Gasteiger charge is -2.14. The fraction of sp³-hybridized carbons (Fsp3) is 0.250. The molecule has 1 N–H and O–H groups in total. The molecule has 0 fully saturated rings. The van der Waals surface area contributed by atoms with E-state index in [-0.39, 0.29) is 17.9 Å². The highest BCUT2D eigenvalue weighted by Crippen LogP contribution is 2.47. The summed E-state index contributed by atoms with van der Waals surface area (Å²) in [4.78, 5) is 12.2. The van der Waals surface area contributed by atoms with Crippen molar-refractivity contribution in [2.45, 2.75) is 44.9 Å². The molecule has 0 saturated carbocycles. The van der Waals surface area contributed by atoms with Crippen LogP contribution in [0.5, 0.6) is 11.5 Å². The van der Waals surface area contributed by atoms with Crippen LogP contribution in [0.2, 0.25) is 0 Å². The molecule has 4 aromatic rings. The van der Waals surface area contributed by atoms with E-state index in [1.54, 1.807) is 42.6 Å². The number of ether oxygens (including phenoxy) is 2. The summed E-state index contributed by atoms with van der Waals surface area (Å²) in [5.41, 5.74) is 4.39. The minimum Gasteiger partial charge on any atom is -0.480 e. The van der Waals surface area contributed by atoms with Gasteiger partial charge >= 0.3 is 12.3 Å². The number of carboxylic acids is 1. The van der Waals surface area contributed by atoms with Crippen molar-refractivity contribution in [3.05, 3.63) is 84.1 Å². The summed E-state index contributed by atoms with van der Waals surface area (Å²) in [5, 5.41) is 18.2. The molecule has 0 aliphatic carbocycles. The van der Waals surface area contributed by atoms with Crippen LogP contribution in [0.25, 0.3) is 22.4 Å². The van der Waals surface area contributed by atoms with Gasteiger partial charge in [-0.2, -0.15) is 0 Å². The lowest BCUT2D eigenvalue weighted by molar-refractivity contribution is -0.286. The van der Waals surface area contributed by atoms with Crippen LogP contribution in [-0.2, 0) is 17.6 Å². The third-order valence-electron chi connectivity index (χ3n) is 6.28. The average molecular weight is 506 g/mol. The van der Waals surface area contributed by atoms with Crippen molar-refractivity contribution in [2.24, 2.45) is 0 Å². The average Bonchev–Trinajstić information content (AvgIpc) is 3.49. The zero-order valence-electron chi connectivity index (χ0n) is 20.1. The monoisotopic (exact) mass is 505 g/mol. The van der Waals surface area contributed by atoms with Crippen LogP contribution in [0.4, 0.5) is 8.78 Å². The van der Waals surface area contributed by atoms with Gasteiger partial charge < -0.3 is 14.6 Å². The van der Waals surface area contributed by atoms with Crippen molar-refractivity contribution in [3.63, 3.8) is 0 Å². The van der Waals surface area contributed by atoms with Gasteiger partial charge in [0.1, 0.15) is 5.69 Å². The molecule has 7 nitrogen and oxygen atoms in total. The van der Waals surface area contributed by atoms with Gasteiger partial charge in [0.25, 0.3) is 0 Å². The van der Waals surface area contributed by atoms with Gasteiger partial charge in [-0.1, -0.05) is 79.2 Å². The summed E-state index contributed by atoms with van der Waals surface area (Å²) in [6, 6.07) is 18.7. The molecule has 1 atom stereocenters. The number of benzene rings is 3. The zero-order valence-corrected chi connectivity index (χ0v) is 20.1. The minimum atomic E-state index is -3.73. The topological polar surface area (TPSA) is 86.5 Å². The molecule has 5 rings (SSSR count). The Bertz CT molecular complexity index is 1420. The summed E-state index contributed by atoms with van der Waals surface area (Å²) >= 11 is 0. The van der Waals surface area contributed by atoms with Crippen molar-refractivity contribution in [1.82, 2.24) is 15.0 Å². The van der Waals surface area contributed by atoms with E-state index in [1.165, 1.54) is 16.3 Å². The van der Waals surface area contributed by atoms with Crippen LogP contribution in [0.15, 0.2) is 72.9 Å². The Kier molecular flexibility index (Phi) is 6.60. The third kappa shape index (κ3) is 5.30. The first-order chi connectivity index (χ1) is 17.8.